The van der Waals surface area contributed by atoms with Crippen LogP contribution < -0.4 is 0 Å². The van der Waals surface area contributed by atoms with Gasteiger partial charge < -0.3 is 4.90 Å². The molecule has 0 aliphatic heterocycles. The third kappa shape index (κ3) is 3.32. The van der Waals surface area contributed by atoms with Gasteiger partial charge in [0.2, 0.25) is 0 Å². The maximum atomic E-state index is 12.1. The summed E-state index contributed by atoms with van der Waals surface area (Å²) in [7, 11) is 0. The molecular weight excluding hydrogens is 296 g/mol. The standard InChI is InChI=1S/C13H15ClN4OS/c1-3-17(4-2)13(19)18-9-7-11(16-18)20-12-10(14)6-5-8-15-12/h5-9H,3-4H2,1-2H3. The van der Waals surface area contributed by atoms with Gasteiger partial charge in [0.1, 0.15) is 10.1 Å². The number of hydrogen-bond acceptors (Lipinski definition) is 4. The highest BCUT2D eigenvalue weighted by molar-refractivity contribution is 7.99. The van der Waals surface area contributed by atoms with Crippen LogP contribution in [-0.2, 0) is 0 Å². The van der Waals surface area contributed by atoms with Gasteiger partial charge in [-0.2, -0.15) is 9.78 Å². The highest BCUT2D eigenvalue weighted by Gasteiger charge is 2.14. The predicted octanol–water partition coefficient (Wildman–Crippen LogP) is 3.39. The van der Waals surface area contributed by atoms with Crippen LogP contribution in [0, 0.1) is 0 Å². The summed E-state index contributed by atoms with van der Waals surface area (Å²) in [5.41, 5.74) is 0. The molecule has 0 spiro atoms. The molecule has 2 aromatic rings. The lowest BCUT2D eigenvalue weighted by atomic mass is 10.5. The summed E-state index contributed by atoms with van der Waals surface area (Å²) in [6.07, 6.45) is 3.33. The molecule has 2 heterocycles. The Morgan fingerprint density at radius 3 is 2.80 bits per heavy atom. The van der Waals surface area contributed by atoms with E-state index in [2.05, 4.69) is 10.1 Å². The molecule has 0 bridgehead atoms. The molecular formula is C13H15ClN4OS. The van der Waals surface area contributed by atoms with Gasteiger partial charge in [0.15, 0.2) is 0 Å². The second-order valence-electron chi connectivity index (χ2n) is 3.95. The topological polar surface area (TPSA) is 51.0 Å². The van der Waals surface area contributed by atoms with Gasteiger partial charge in [-0.05, 0) is 43.8 Å². The van der Waals surface area contributed by atoms with Crippen molar-refractivity contribution in [2.24, 2.45) is 0 Å². The first-order valence-corrected chi connectivity index (χ1v) is 7.48. The van der Waals surface area contributed by atoms with E-state index in [1.165, 1.54) is 16.4 Å². The molecule has 1 amide bonds. The molecule has 0 aliphatic rings. The Bertz CT molecular complexity index is 598. The lowest BCUT2D eigenvalue weighted by Crippen LogP contribution is -2.34. The summed E-state index contributed by atoms with van der Waals surface area (Å²) >= 11 is 7.38. The van der Waals surface area contributed by atoms with Crippen molar-refractivity contribution in [3.63, 3.8) is 0 Å². The molecule has 106 valence electrons. The van der Waals surface area contributed by atoms with E-state index in [-0.39, 0.29) is 6.03 Å². The van der Waals surface area contributed by atoms with Gasteiger partial charge in [0.25, 0.3) is 0 Å². The van der Waals surface area contributed by atoms with Crippen LogP contribution in [0.1, 0.15) is 13.8 Å². The van der Waals surface area contributed by atoms with Crippen molar-refractivity contribution in [1.82, 2.24) is 19.7 Å². The van der Waals surface area contributed by atoms with Crippen molar-refractivity contribution >= 4 is 29.4 Å². The second kappa shape index (κ2) is 6.76. The molecule has 0 saturated heterocycles. The minimum atomic E-state index is -0.131. The SMILES string of the molecule is CCN(CC)C(=O)n1ccc(Sc2ncccc2Cl)n1. The maximum Gasteiger partial charge on any atom is 0.344 e. The second-order valence-corrected chi connectivity index (χ2v) is 5.36. The number of hydrogen-bond donors (Lipinski definition) is 0. The predicted molar refractivity (Wildman–Crippen MR) is 79.3 cm³/mol. The zero-order chi connectivity index (χ0) is 14.5. The van der Waals surface area contributed by atoms with Crippen molar-refractivity contribution < 1.29 is 4.79 Å². The number of carbonyl (C=O) groups excluding carboxylic acids is 1. The maximum absolute atomic E-state index is 12.1. The summed E-state index contributed by atoms with van der Waals surface area (Å²) in [6, 6.07) is 5.19. The van der Waals surface area contributed by atoms with Crippen LogP contribution in [0.25, 0.3) is 0 Å². The number of rotatable bonds is 4. The van der Waals surface area contributed by atoms with Gasteiger partial charge in [0, 0.05) is 25.5 Å². The Labute approximate surface area is 126 Å². The smallest absolute Gasteiger partial charge is 0.323 e. The van der Waals surface area contributed by atoms with Crippen LogP contribution >= 0.6 is 23.4 Å². The summed E-state index contributed by atoms with van der Waals surface area (Å²) in [5, 5.41) is 6.19. The van der Waals surface area contributed by atoms with Crippen LogP contribution in [-0.4, -0.2) is 38.8 Å². The summed E-state index contributed by atoms with van der Waals surface area (Å²) in [6.45, 7) is 5.19. The molecule has 0 aromatic carbocycles. The molecule has 20 heavy (non-hydrogen) atoms. The Hall–Kier alpha value is -1.53. The van der Waals surface area contributed by atoms with E-state index >= 15 is 0 Å². The molecule has 2 aromatic heterocycles. The first kappa shape index (κ1) is 14.9. The molecule has 0 aliphatic carbocycles. The third-order valence-electron chi connectivity index (χ3n) is 2.72. The van der Waals surface area contributed by atoms with Crippen molar-refractivity contribution in [2.45, 2.75) is 23.9 Å². The van der Waals surface area contributed by atoms with E-state index < -0.39 is 0 Å². The lowest BCUT2D eigenvalue weighted by molar-refractivity contribution is 0.201. The van der Waals surface area contributed by atoms with E-state index in [9.17, 15) is 4.79 Å². The highest BCUT2D eigenvalue weighted by Crippen LogP contribution is 2.29. The molecule has 2 rings (SSSR count). The minimum absolute atomic E-state index is 0.131. The van der Waals surface area contributed by atoms with Gasteiger partial charge in [-0.1, -0.05) is 11.6 Å². The van der Waals surface area contributed by atoms with E-state index in [1.807, 2.05) is 13.8 Å². The van der Waals surface area contributed by atoms with Crippen LogP contribution in [0.4, 0.5) is 4.79 Å². The summed E-state index contributed by atoms with van der Waals surface area (Å²) in [4.78, 5) is 18.0. The molecule has 5 nitrogen and oxygen atoms in total. The fourth-order valence-corrected chi connectivity index (χ4v) is 2.62. The average Bonchev–Trinajstić information content (AvgIpc) is 2.91. The van der Waals surface area contributed by atoms with Gasteiger partial charge in [-0.25, -0.2) is 9.78 Å². The zero-order valence-electron chi connectivity index (χ0n) is 11.3. The molecule has 0 N–H and O–H groups in total. The van der Waals surface area contributed by atoms with Gasteiger partial charge in [-0.15, -0.1) is 0 Å². The molecule has 0 saturated carbocycles. The van der Waals surface area contributed by atoms with Gasteiger partial charge >= 0.3 is 6.03 Å². The fourth-order valence-electron chi connectivity index (χ4n) is 1.65. The Morgan fingerprint density at radius 1 is 1.40 bits per heavy atom. The van der Waals surface area contributed by atoms with E-state index in [1.54, 1.807) is 35.5 Å². The number of carbonyl (C=O) groups is 1. The monoisotopic (exact) mass is 310 g/mol. The highest BCUT2D eigenvalue weighted by atomic mass is 35.5. The molecule has 0 unspecified atom stereocenters. The fraction of sp³-hybridized carbons (Fsp3) is 0.308. The number of halogens is 1. The average molecular weight is 311 g/mol. The van der Waals surface area contributed by atoms with Crippen molar-refractivity contribution in [2.75, 3.05) is 13.1 Å². The van der Waals surface area contributed by atoms with Crippen LogP contribution in [0.15, 0.2) is 40.6 Å². The van der Waals surface area contributed by atoms with Crippen molar-refractivity contribution in [3.05, 3.63) is 35.6 Å². The first-order valence-electron chi connectivity index (χ1n) is 6.29. The minimum Gasteiger partial charge on any atom is -0.323 e. The molecule has 0 radical (unpaired) electrons. The number of pyridine rings is 1. The summed E-state index contributed by atoms with van der Waals surface area (Å²) in [5.74, 6) is 0. The Kier molecular flexibility index (Phi) is 5.03. The molecule has 0 atom stereocenters. The normalized spacial score (nSPS) is 10.6. The first-order chi connectivity index (χ1) is 9.65. The van der Waals surface area contributed by atoms with Gasteiger partial charge in [0.05, 0.1) is 5.02 Å². The van der Waals surface area contributed by atoms with Crippen molar-refractivity contribution in [1.29, 1.82) is 0 Å². The van der Waals surface area contributed by atoms with E-state index in [0.717, 1.165) is 0 Å². The Balaban J connectivity index is 2.13. The van der Waals surface area contributed by atoms with E-state index in [0.29, 0.717) is 28.2 Å². The van der Waals surface area contributed by atoms with E-state index in [4.69, 9.17) is 11.6 Å². The number of nitrogens with zero attached hydrogens (tertiary/aromatic N) is 4. The molecule has 7 heteroatoms. The van der Waals surface area contributed by atoms with Crippen LogP contribution in [0.2, 0.25) is 5.02 Å². The van der Waals surface area contributed by atoms with Crippen LogP contribution in [0.5, 0.6) is 0 Å². The summed E-state index contributed by atoms with van der Waals surface area (Å²) < 4.78 is 1.34. The zero-order valence-corrected chi connectivity index (χ0v) is 12.9. The van der Waals surface area contributed by atoms with Crippen LogP contribution in [0.3, 0.4) is 0 Å². The number of amides is 1. The van der Waals surface area contributed by atoms with Crippen molar-refractivity contribution in [3.8, 4) is 0 Å². The Morgan fingerprint density at radius 2 is 2.15 bits per heavy atom. The molecule has 0 fully saturated rings. The number of aromatic nitrogens is 3. The quantitative estimate of drug-likeness (QED) is 0.868. The van der Waals surface area contributed by atoms with Gasteiger partial charge in [-0.3, -0.25) is 0 Å². The third-order valence-corrected chi connectivity index (χ3v) is 4.08. The largest absolute Gasteiger partial charge is 0.344 e. The lowest BCUT2D eigenvalue weighted by Gasteiger charge is -2.17.